The van der Waals surface area contributed by atoms with Gasteiger partial charge in [0.25, 0.3) is 5.91 Å². The van der Waals surface area contributed by atoms with Crippen molar-refractivity contribution in [3.63, 3.8) is 0 Å². The summed E-state index contributed by atoms with van der Waals surface area (Å²) in [7, 11) is 0. The molecule has 1 saturated heterocycles. The van der Waals surface area contributed by atoms with E-state index in [1.54, 1.807) is 18.2 Å². The minimum Gasteiger partial charge on any atom is -0.477 e. The lowest BCUT2D eigenvalue weighted by Gasteiger charge is -2.47. The van der Waals surface area contributed by atoms with Crippen LogP contribution in [0.4, 0.5) is 5.69 Å². The van der Waals surface area contributed by atoms with E-state index in [-0.39, 0.29) is 11.9 Å². The van der Waals surface area contributed by atoms with Gasteiger partial charge in [0.15, 0.2) is 6.10 Å². The number of hydrogen-bond donors (Lipinski definition) is 1. The molecule has 27 heavy (non-hydrogen) atoms. The Bertz CT molecular complexity index is 841. The van der Waals surface area contributed by atoms with Crippen LogP contribution in [0.1, 0.15) is 24.5 Å². The highest BCUT2D eigenvalue weighted by molar-refractivity contribution is 6.35. The number of rotatable bonds is 7. The van der Waals surface area contributed by atoms with Gasteiger partial charge < -0.3 is 15.0 Å². The number of hydrogen-bond acceptors (Lipinski definition) is 3. The Morgan fingerprint density at radius 2 is 1.96 bits per heavy atom. The number of ether oxygens (including phenoxy) is 1. The number of nitrogens with one attached hydrogen (secondary N) is 1. The van der Waals surface area contributed by atoms with Crippen molar-refractivity contribution < 1.29 is 9.53 Å². The maximum Gasteiger partial charge on any atom is 0.270 e. The lowest BCUT2D eigenvalue weighted by atomic mass is 9.94. The first-order valence-electron chi connectivity index (χ1n) is 9.15. The molecular formula is C21H24Cl2N2O2. The van der Waals surface area contributed by atoms with Gasteiger partial charge in [0.2, 0.25) is 0 Å². The quantitative estimate of drug-likeness (QED) is 0.531. The maximum absolute atomic E-state index is 13.0. The van der Waals surface area contributed by atoms with Crippen LogP contribution < -0.4 is 15.0 Å². The third-order valence-electron chi connectivity index (χ3n) is 4.93. The highest BCUT2D eigenvalue weighted by atomic mass is 35.5. The molecule has 0 saturated carbocycles. The Labute approximate surface area is 170 Å². The van der Waals surface area contributed by atoms with Crippen LogP contribution >= 0.6 is 23.2 Å². The first kappa shape index (κ1) is 20.0. The van der Waals surface area contributed by atoms with Gasteiger partial charge in [-0.25, -0.2) is 0 Å². The van der Waals surface area contributed by atoms with E-state index in [2.05, 4.69) is 25.2 Å². The van der Waals surface area contributed by atoms with Crippen molar-refractivity contribution in [1.29, 1.82) is 0 Å². The number of carbonyl (C=O) groups is 1. The van der Waals surface area contributed by atoms with E-state index in [9.17, 15) is 4.79 Å². The molecular weight excluding hydrogens is 383 g/mol. The van der Waals surface area contributed by atoms with Crippen molar-refractivity contribution >= 4 is 34.8 Å². The molecule has 6 heteroatoms. The van der Waals surface area contributed by atoms with Gasteiger partial charge in [-0.2, -0.15) is 0 Å². The number of nitrogens with zero attached hydrogens (tertiary/aromatic N) is 1. The summed E-state index contributed by atoms with van der Waals surface area (Å²) >= 11 is 12.2. The van der Waals surface area contributed by atoms with Gasteiger partial charge in [-0.15, -0.1) is 0 Å². The highest BCUT2D eigenvalue weighted by Crippen LogP contribution is 2.36. The number of carbonyl (C=O) groups excluding carboxylic acids is 1. The number of aryl methyl sites for hydroxylation is 1. The minimum atomic E-state index is -0.576. The molecule has 0 radical (unpaired) electrons. The van der Waals surface area contributed by atoms with Gasteiger partial charge in [0.05, 0.1) is 11.1 Å². The van der Waals surface area contributed by atoms with Gasteiger partial charge in [0.1, 0.15) is 5.75 Å². The number of halogens is 2. The zero-order chi connectivity index (χ0) is 19.6. The van der Waals surface area contributed by atoms with Crippen LogP contribution in [0.3, 0.4) is 0 Å². The zero-order valence-corrected chi connectivity index (χ0v) is 17.3. The maximum atomic E-state index is 13.0. The van der Waals surface area contributed by atoms with Crippen molar-refractivity contribution in [3.8, 4) is 5.75 Å². The van der Waals surface area contributed by atoms with Crippen LogP contribution in [0.2, 0.25) is 10.0 Å². The zero-order valence-electron chi connectivity index (χ0n) is 15.8. The fourth-order valence-electron chi connectivity index (χ4n) is 3.27. The molecule has 1 amide bonds. The minimum absolute atomic E-state index is 0.0574. The van der Waals surface area contributed by atoms with E-state index in [4.69, 9.17) is 27.9 Å². The fraction of sp³-hybridized carbons (Fsp3) is 0.381. The van der Waals surface area contributed by atoms with Crippen molar-refractivity contribution in [2.45, 2.75) is 39.3 Å². The van der Waals surface area contributed by atoms with Crippen molar-refractivity contribution in [1.82, 2.24) is 5.32 Å². The van der Waals surface area contributed by atoms with Crippen molar-refractivity contribution in [3.05, 3.63) is 57.6 Å². The van der Waals surface area contributed by atoms with Crippen LogP contribution in [-0.2, 0) is 4.79 Å². The van der Waals surface area contributed by atoms with Crippen molar-refractivity contribution in [2.24, 2.45) is 0 Å². The fourth-order valence-corrected chi connectivity index (χ4v) is 3.73. The molecule has 0 aliphatic carbocycles. The third kappa shape index (κ3) is 4.08. The summed E-state index contributed by atoms with van der Waals surface area (Å²) in [6.45, 7) is 7.75. The smallest absolute Gasteiger partial charge is 0.270 e. The average molecular weight is 407 g/mol. The van der Waals surface area contributed by atoms with E-state index in [0.717, 1.165) is 29.8 Å². The second kappa shape index (κ2) is 8.51. The second-order valence-corrected chi connectivity index (χ2v) is 7.66. The molecule has 0 unspecified atom stereocenters. The standard InChI is InChI=1S/C21H24Cl2N2O2/c1-4-10-24-12-18-20(27-19-9-8-15(22)11-16(19)23)21(26)25(18)17-7-5-6-13(2)14(17)3/h5-9,11,18,20,24H,4,10,12H2,1-3H3/t18-,20+/m0/s1. The van der Waals surface area contributed by atoms with E-state index < -0.39 is 6.10 Å². The molecule has 1 aliphatic rings. The Kier molecular flexibility index (Phi) is 6.30. The topological polar surface area (TPSA) is 41.6 Å². The number of β-lactam (4-membered cyclic amide) rings is 1. The molecule has 0 aromatic heterocycles. The van der Waals surface area contributed by atoms with Crippen LogP contribution in [0.5, 0.6) is 5.75 Å². The predicted octanol–water partition coefficient (Wildman–Crippen LogP) is 4.77. The average Bonchev–Trinajstić information content (AvgIpc) is 2.63. The van der Waals surface area contributed by atoms with Gasteiger partial charge >= 0.3 is 0 Å². The van der Waals surface area contributed by atoms with Gasteiger partial charge in [-0.1, -0.05) is 42.3 Å². The monoisotopic (exact) mass is 406 g/mol. The number of amides is 1. The summed E-state index contributed by atoms with van der Waals surface area (Å²) in [6, 6.07) is 10.9. The normalized spacial score (nSPS) is 19.1. The van der Waals surface area contributed by atoms with E-state index >= 15 is 0 Å². The lowest BCUT2D eigenvalue weighted by molar-refractivity contribution is -0.134. The summed E-state index contributed by atoms with van der Waals surface area (Å²) < 4.78 is 5.99. The summed E-state index contributed by atoms with van der Waals surface area (Å²) in [5.41, 5.74) is 3.20. The second-order valence-electron chi connectivity index (χ2n) is 6.81. The largest absolute Gasteiger partial charge is 0.477 e. The predicted molar refractivity (Wildman–Crippen MR) is 111 cm³/mol. The Hall–Kier alpha value is -1.75. The summed E-state index contributed by atoms with van der Waals surface area (Å²) in [6.07, 6.45) is 0.450. The molecule has 2 atom stereocenters. The molecule has 3 rings (SSSR count). The molecule has 1 fully saturated rings. The molecule has 2 aromatic rings. The summed E-state index contributed by atoms with van der Waals surface area (Å²) in [4.78, 5) is 14.8. The Balaban J connectivity index is 1.85. The molecule has 0 bridgehead atoms. The molecule has 0 spiro atoms. The number of anilines is 1. The van der Waals surface area contributed by atoms with E-state index in [1.165, 1.54) is 0 Å². The summed E-state index contributed by atoms with van der Waals surface area (Å²) in [5, 5.41) is 4.34. The van der Waals surface area contributed by atoms with Crippen LogP contribution in [0.15, 0.2) is 36.4 Å². The van der Waals surface area contributed by atoms with E-state index in [0.29, 0.717) is 22.3 Å². The Morgan fingerprint density at radius 3 is 2.67 bits per heavy atom. The third-order valence-corrected chi connectivity index (χ3v) is 5.46. The molecule has 1 N–H and O–H groups in total. The van der Waals surface area contributed by atoms with Crippen molar-refractivity contribution in [2.75, 3.05) is 18.0 Å². The van der Waals surface area contributed by atoms with Crippen LogP contribution in [0.25, 0.3) is 0 Å². The van der Waals surface area contributed by atoms with Gasteiger partial charge in [-0.3, -0.25) is 4.79 Å². The molecule has 144 valence electrons. The van der Waals surface area contributed by atoms with Gasteiger partial charge in [0, 0.05) is 17.3 Å². The van der Waals surface area contributed by atoms with Crippen LogP contribution in [-0.4, -0.2) is 31.1 Å². The Morgan fingerprint density at radius 1 is 1.19 bits per heavy atom. The number of benzene rings is 2. The highest BCUT2D eigenvalue weighted by Gasteiger charge is 2.50. The summed E-state index contributed by atoms with van der Waals surface area (Å²) in [5.74, 6) is 0.415. The van der Waals surface area contributed by atoms with Crippen LogP contribution in [0, 0.1) is 13.8 Å². The lowest BCUT2D eigenvalue weighted by Crippen LogP contribution is -2.70. The first-order chi connectivity index (χ1) is 12.9. The molecule has 2 aromatic carbocycles. The molecule has 1 heterocycles. The first-order valence-corrected chi connectivity index (χ1v) is 9.91. The van der Waals surface area contributed by atoms with Gasteiger partial charge in [-0.05, 0) is 62.2 Å². The SMILES string of the molecule is CCCNC[C@H]1[C@@H](Oc2ccc(Cl)cc2Cl)C(=O)N1c1cccc(C)c1C. The molecule has 1 aliphatic heterocycles. The molecule has 4 nitrogen and oxygen atoms in total. The van der Waals surface area contributed by atoms with E-state index in [1.807, 2.05) is 24.0 Å².